The van der Waals surface area contributed by atoms with Crippen LogP contribution in [0.5, 0.6) is 0 Å². The van der Waals surface area contributed by atoms with Crippen molar-refractivity contribution in [2.75, 3.05) is 0 Å². The molecule has 0 aliphatic carbocycles. The van der Waals surface area contributed by atoms with Gasteiger partial charge in [-0.05, 0) is 40.4 Å². The number of nitrogens with zero attached hydrogens (tertiary/aromatic N) is 3. The van der Waals surface area contributed by atoms with E-state index in [9.17, 15) is 0 Å². The molecule has 0 fully saturated rings. The number of furan rings is 1. The first-order valence-corrected chi connectivity index (χ1v) is 13.0. The Hall–Kier alpha value is -5.35. The van der Waals surface area contributed by atoms with Crippen molar-refractivity contribution in [3.05, 3.63) is 127 Å². The molecule has 0 bridgehead atoms. The molecule has 2 heterocycles. The van der Waals surface area contributed by atoms with Crippen molar-refractivity contribution < 1.29 is 4.42 Å². The van der Waals surface area contributed by atoms with Crippen LogP contribution in [0.25, 0.3) is 77.6 Å². The van der Waals surface area contributed by atoms with Crippen LogP contribution >= 0.6 is 0 Å². The second-order valence-corrected chi connectivity index (χ2v) is 9.67. The van der Waals surface area contributed by atoms with Gasteiger partial charge in [0.25, 0.3) is 0 Å². The molecule has 6 aromatic carbocycles. The van der Waals surface area contributed by atoms with E-state index in [0.29, 0.717) is 17.5 Å². The maximum Gasteiger partial charge on any atom is 0.164 e. The van der Waals surface area contributed by atoms with Crippen LogP contribution in [0.1, 0.15) is 0 Å². The Morgan fingerprint density at radius 2 is 1.08 bits per heavy atom. The summed E-state index contributed by atoms with van der Waals surface area (Å²) in [6.45, 7) is 0. The molecule has 4 heteroatoms. The topological polar surface area (TPSA) is 51.8 Å². The zero-order valence-electron chi connectivity index (χ0n) is 20.9. The largest absolute Gasteiger partial charge is 0.456 e. The van der Waals surface area contributed by atoms with Gasteiger partial charge in [0, 0.05) is 32.8 Å². The van der Waals surface area contributed by atoms with Gasteiger partial charge in [-0.15, -0.1) is 0 Å². The third-order valence-electron chi connectivity index (χ3n) is 7.31. The molecule has 8 rings (SSSR count). The SMILES string of the molecule is c1ccc(-c2nc(-c3ccc4oc5ccccc5c4c3)nc(-c3cccc4ccc5ccccc5c34)n2)cc1. The molecule has 0 atom stereocenters. The van der Waals surface area contributed by atoms with E-state index in [1.807, 2.05) is 60.7 Å². The zero-order chi connectivity index (χ0) is 25.8. The maximum atomic E-state index is 6.07. The predicted octanol–water partition coefficient (Wildman–Crippen LogP) is 9.08. The Morgan fingerprint density at radius 3 is 1.97 bits per heavy atom. The first-order chi connectivity index (χ1) is 19.3. The summed E-state index contributed by atoms with van der Waals surface area (Å²) in [6, 6.07) is 43.4. The van der Waals surface area contributed by atoms with Crippen LogP contribution in [0.3, 0.4) is 0 Å². The Morgan fingerprint density at radius 1 is 0.410 bits per heavy atom. The van der Waals surface area contributed by atoms with Gasteiger partial charge in [-0.3, -0.25) is 0 Å². The zero-order valence-corrected chi connectivity index (χ0v) is 20.9. The second kappa shape index (κ2) is 8.61. The maximum absolute atomic E-state index is 6.07. The van der Waals surface area contributed by atoms with Gasteiger partial charge in [0.1, 0.15) is 11.2 Å². The lowest BCUT2D eigenvalue weighted by Crippen LogP contribution is -2.00. The lowest BCUT2D eigenvalue weighted by molar-refractivity contribution is 0.669. The minimum atomic E-state index is 0.628. The molecule has 0 aliphatic heterocycles. The van der Waals surface area contributed by atoms with Crippen LogP contribution < -0.4 is 0 Å². The fourth-order valence-electron chi connectivity index (χ4n) is 5.45. The Bertz CT molecular complexity index is 2180. The highest BCUT2D eigenvalue weighted by Gasteiger charge is 2.16. The van der Waals surface area contributed by atoms with Gasteiger partial charge in [0.05, 0.1) is 0 Å². The normalized spacial score (nSPS) is 11.6. The molecule has 0 amide bonds. The average molecular weight is 500 g/mol. The standard InChI is InChI=1S/C35H21N3O/c1-2-10-24(11-3-1)33-36-34(25-19-20-31-29(21-25)27-14-6-7-16-30(27)39-31)38-35(37-33)28-15-8-12-23-18-17-22-9-4-5-13-26(22)32(23)28/h1-21H. The smallest absolute Gasteiger partial charge is 0.164 e. The average Bonchev–Trinajstić information content (AvgIpc) is 3.39. The molecule has 39 heavy (non-hydrogen) atoms. The molecule has 0 N–H and O–H groups in total. The van der Waals surface area contributed by atoms with Gasteiger partial charge in [-0.1, -0.05) is 103 Å². The van der Waals surface area contributed by atoms with Gasteiger partial charge in [0.15, 0.2) is 17.5 Å². The summed E-state index contributed by atoms with van der Waals surface area (Å²) in [5.41, 5.74) is 4.56. The van der Waals surface area contributed by atoms with Crippen molar-refractivity contribution in [2.24, 2.45) is 0 Å². The van der Waals surface area contributed by atoms with E-state index >= 15 is 0 Å². The molecule has 0 aliphatic rings. The van der Waals surface area contributed by atoms with Crippen LogP contribution in [0, 0.1) is 0 Å². The van der Waals surface area contributed by atoms with Crippen LogP contribution in [-0.4, -0.2) is 15.0 Å². The summed E-state index contributed by atoms with van der Waals surface area (Å²) in [5, 5.41) is 6.78. The minimum Gasteiger partial charge on any atom is -0.456 e. The number of aromatic nitrogens is 3. The Balaban J connectivity index is 1.41. The molecule has 0 saturated heterocycles. The Labute approximate surface area is 224 Å². The molecule has 0 saturated carbocycles. The molecule has 2 aromatic heterocycles. The lowest BCUT2D eigenvalue weighted by atomic mass is 9.97. The van der Waals surface area contributed by atoms with Gasteiger partial charge in [-0.25, -0.2) is 15.0 Å². The van der Waals surface area contributed by atoms with Gasteiger partial charge in [0.2, 0.25) is 0 Å². The highest BCUT2D eigenvalue weighted by atomic mass is 16.3. The molecular formula is C35H21N3O. The van der Waals surface area contributed by atoms with Crippen molar-refractivity contribution in [2.45, 2.75) is 0 Å². The molecule has 8 aromatic rings. The summed E-state index contributed by atoms with van der Waals surface area (Å²) in [5.74, 6) is 1.92. The van der Waals surface area contributed by atoms with E-state index in [1.165, 1.54) is 10.8 Å². The van der Waals surface area contributed by atoms with Crippen LogP contribution in [0.15, 0.2) is 132 Å². The van der Waals surface area contributed by atoms with E-state index in [4.69, 9.17) is 19.4 Å². The quantitative estimate of drug-likeness (QED) is 0.228. The Kier molecular flexibility index (Phi) is 4.79. The number of fused-ring (bicyclic) bond motifs is 6. The fraction of sp³-hybridized carbons (Fsp3) is 0. The van der Waals surface area contributed by atoms with Crippen molar-refractivity contribution >= 4 is 43.5 Å². The lowest BCUT2D eigenvalue weighted by Gasteiger charge is -2.12. The fourth-order valence-corrected chi connectivity index (χ4v) is 5.45. The van der Waals surface area contributed by atoms with Gasteiger partial charge >= 0.3 is 0 Å². The molecule has 182 valence electrons. The summed E-state index contributed by atoms with van der Waals surface area (Å²) in [6.07, 6.45) is 0. The second-order valence-electron chi connectivity index (χ2n) is 9.67. The van der Waals surface area contributed by atoms with E-state index in [2.05, 4.69) is 66.7 Å². The number of hydrogen-bond donors (Lipinski definition) is 0. The number of hydrogen-bond acceptors (Lipinski definition) is 4. The monoisotopic (exact) mass is 499 g/mol. The highest BCUT2D eigenvalue weighted by Crippen LogP contribution is 2.36. The van der Waals surface area contributed by atoms with E-state index in [0.717, 1.165) is 49.4 Å². The summed E-state index contributed by atoms with van der Waals surface area (Å²) < 4.78 is 6.07. The highest BCUT2D eigenvalue weighted by molar-refractivity contribution is 6.13. The first kappa shape index (κ1) is 21.7. The van der Waals surface area contributed by atoms with Crippen LogP contribution in [-0.2, 0) is 0 Å². The minimum absolute atomic E-state index is 0.628. The van der Waals surface area contributed by atoms with Crippen LogP contribution in [0.4, 0.5) is 0 Å². The third-order valence-corrected chi connectivity index (χ3v) is 7.31. The van der Waals surface area contributed by atoms with E-state index in [1.54, 1.807) is 0 Å². The molecule has 0 unspecified atom stereocenters. The van der Waals surface area contributed by atoms with Crippen molar-refractivity contribution in [3.8, 4) is 34.2 Å². The van der Waals surface area contributed by atoms with Crippen molar-refractivity contribution in [1.82, 2.24) is 15.0 Å². The van der Waals surface area contributed by atoms with Gasteiger partial charge < -0.3 is 4.42 Å². The van der Waals surface area contributed by atoms with E-state index in [-0.39, 0.29) is 0 Å². The van der Waals surface area contributed by atoms with Crippen LogP contribution in [0.2, 0.25) is 0 Å². The summed E-state index contributed by atoms with van der Waals surface area (Å²) in [7, 11) is 0. The third kappa shape index (κ3) is 3.57. The van der Waals surface area contributed by atoms with Gasteiger partial charge in [-0.2, -0.15) is 0 Å². The first-order valence-electron chi connectivity index (χ1n) is 13.0. The van der Waals surface area contributed by atoms with Crippen molar-refractivity contribution in [1.29, 1.82) is 0 Å². The molecule has 0 radical (unpaired) electrons. The number of benzene rings is 6. The number of rotatable bonds is 3. The number of para-hydroxylation sites is 1. The predicted molar refractivity (Wildman–Crippen MR) is 158 cm³/mol. The molecule has 0 spiro atoms. The summed E-state index contributed by atoms with van der Waals surface area (Å²) >= 11 is 0. The molecule has 4 nitrogen and oxygen atoms in total. The van der Waals surface area contributed by atoms with Crippen molar-refractivity contribution in [3.63, 3.8) is 0 Å². The summed E-state index contributed by atoms with van der Waals surface area (Å²) in [4.78, 5) is 15.1. The van der Waals surface area contributed by atoms with E-state index < -0.39 is 0 Å². The molecular weight excluding hydrogens is 478 g/mol.